The standard InChI is InChI=1S/C19H19FN2O5/c1-26-16-4-2-3-15(11-16)22-18(24)12-27-19(25)10-9-17(23)21-14-7-5-13(20)6-8-14/h2-8,11H,9-10,12H2,1H3,(H,21,23)(H,22,24). The van der Waals surface area contributed by atoms with Crippen LogP contribution in [0.3, 0.4) is 0 Å². The highest BCUT2D eigenvalue weighted by Gasteiger charge is 2.11. The summed E-state index contributed by atoms with van der Waals surface area (Å²) < 4.78 is 22.7. The monoisotopic (exact) mass is 374 g/mol. The van der Waals surface area contributed by atoms with Crippen molar-refractivity contribution in [3.8, 4) is 5.75 Å². The number of ether oxygens (including phenoxy) is 2. The Morgan fingerprint density at radius 1 is 0.926 bits per heavy atom. The first-order valence-corrected chi connectivity index (χ1v) is 8.11. The van der Waals surface area contributed by atoms with Gasteiger partial charge in [-0.2, -0.15) is 0 Å². The first-order valence-electron chi connectivity index (χ1n) is 8.11. The SMILES string of the molecule is COc1cccc(NC(=O)COC(=O)CCC(=O)Nc2ccc(F)cc2)c1. The summed E-state index contributed by atoms with van der Waals surface area (Å²) in [5.41, 5.74) is 0.932. The van der Waals surface area contributed by atoms with Crippen molar-refractivity contribution in [1.82, 2.24) is 0 Å². The van der Waals surface area contributed by atoms with E-state index in [1.807, 2.05) is 0 Å². The Bertz CT molecular complexity index is 808. The van der Waals surface area contributed by atoms with Gasteiger partial charge in [-0.1, -0.05) is 6.07 Å². The van der Waals surface area contributed by atoms with E-state index in [-0.39, 0.29) is 12.8 Å². The molecule has 2 amide bonds. The number of amides is 2. The Hall–Kier alpha value is -3.42. The second-order valence-electron chi connectivity index (χ2n) is 5.50. The van der Waals surface area contributed by atoms with Gasteiger partial charge in [-0.25, -0.2) is 4.39 Å². The predicted octanol–water partition coefficient (Wildman–Crippen LogP) is 2.73. The molecule has 0 atom stereocenters. The molecule has 2 aromatic carbocycles. The summed E-state index contributed by atoms with van der Waals surface area (Å²) in [6.45, 7) is -0.463. The van der Waals surface area contributed by atoms with Gasteiger partial charge in [0.15, 0.2) is 6.61 Å². The number of hydrogen-bond donors (Lipinski definition) is 2. The van der Waals surface area contributed by atoms with Gasteiger partial charge in [0.25, 0.3) is 5.91 Å². The van der Waals surface area contributed by atoms with Crippen LogP contribution in [0, 0.1) is 5.82 Å². The van der Waals surface area contributed by atoms with Crippen LogP contribution in [0.1, 0.15) is 12.8 Å². The Labute approximate surface area is 155 Å². The lowest BCUT2D eigenvalue weighted by Gasteiger charge is -2.08. The highest BCUT2D eigenvalue weighted by Crippen LogP contribution is 2.16. The zero-order valence-corrected chi connectivity index (χ0v) is 14.7. The van der Waals surface area contributed by atoms with E-state index in [9.17, 15) is 18.8 Å². The minimum Gasteiger partial charge on any atom is -0.497 e. The van der Waals surface area contributed by atoms with Crippen molar-refractivity contribution in [2.24, 2.45) is 0 Å². The van der Waals surface area contributed by atoms with E-state index < -0.39 is 30.2 Å². The highest BCUT2D eigenvalue weighted by atomic mass is 19.1. The van der Waals surface area contributed by atoms with Crippen molar-refractivity contribution >= 4 is 29.2 Å². The summed E-state index contributed by atoms with van der Waals surface area (Å²) in [5.74, 6) is -1.43. The van der Waals surface area contributed by atoms with Crippen molar-refractivity contribution in [3.05, 3.63) is 54.3 Å². The third kappa shape index (κ3) is 7.15. The van der Waals surface area contributed by atoms with E-state index in [1.165, 1.54) is 31.4 Å². The molecule has 0 radical (unpaired) electrons. The molecule has 0 spiro atoms. The second-order valence-corrected chi connectivity index (χ2v) is 5.50. The maximum absolute atomic E-state index is 12.8. The lowest BCUT2D eigenvalue weighted by Crippen LogP contribution is -2.21. The van der Waals surface area contributed by atoms with Gasteiger partial charge in [-0.3, -0.25) is 14.4 Å². The number of nitrogens with one attached hydrogen (secondary N) is 2. The van der Waals surface area contributed by atoms with Crippen LogP contribution in [0.5, 0.6) is 5.75 Å². The number of hydrogen-bond acceptors (Lipinski definition) is 5. The highest BCUT2D eigenvalue weighted by molar-refractivity contribution is 5.94. The summed E-state index contributed by atoms with van der Waals surface area (Å²) in [4.78, 5) is 35.2. The van der Waals surface area contributed by atoms with Crippen molar-refractivity contribution in [2.45, 2.75) is 12.8 Å². The van der Waals surface area contributed by atoms with Gasteiger partial charge >= 0.3 is 5.97 Å². The van der Waals surface area contributed by atoms with E-state index in [4.69, 9.17) is 9.47 Å². The van der Waals surface area contributed by atoms with E-state index >= 15 is 0 Å². The topological polar surface area (TPSA) is 93.7 Å². The van der Waals surface area contributed by atoms with Gasteiger partial charge in [0.2, 0.25) is 5.91 Å². The first-order chi connectivity index (χ1) is 13.0. The molecule has 0 aliphatic heterocycles. The van der Waals surface area contributed by atoms with E-state index in [0.29, 0.717) is 17.1 Å². The number of anilines is 2. The molecular weight excluding hydrogens is 355 g/mol. The third-order valence-electron chi connectivity index (χ3n) is 3.40. The van der Waals surface area contributed by atoms with Gasteiger partial charge < -0.3 is 20.1 Å². The molecule has 0 bridgehead atoms. The molecule has 142 valence electrons. The summed E-state index contributed by atoms with van der Waals surface area (Å²) >= 11 is 0. The van der Waals surface area contributed by atoms with Crippen LogP contribution >= 0.6 is 0 Å². The maximum Gasteiger partial charge on any atom is 0.306 e. The summed E-state index contributed by atoms with van der Waals surface area (Å²) in [6, 6.07) is 12.0. The Kier molecular flexibility index (Phi) is 7.30. The molecule has 0 fully saturated rings. The Morgan fingerprint density at radius 2 is 1.63 bits per heavy atom. The number of halogens is 1. The van der Waals surface area contributed by atoms with E-state index in [0.717, 1.165) is 0 Å². The molecule has 2 rings (SSSR count). The molecule has 0 unspecified atom stereocenters. The van der Waals surface area contributed by atoms with Crippen molar-refractivity contribution < 1.29 is 28.2 Å². The van der Waals surface area contributed by atoms with Gasteiger partial charge in [0.1, 0.15) is 11.6 Å². The fourth-order valence-corrected chi connectivity index (χ4v) is 2.09. The zero-order valence-electron chi connectivity index (χ0n) is 14.7. The predicted molar refractivity (Wildman–Crippen MR) is 96.8 cm³/mol. The van der Waals surface area contributed by atoms with Gasteiger partial charge in [-0.15, -0.1) is 0 Å². The van der Waals surface area contributed by atoms with Gasteiger partial charge in [-0.05, 0) is 36.4 Å². The molecule has 0 saturated heterocycles. The van der Waals surface area contributed by atoms with E-state index in [2.05, 4.69) is 10.6 Å². The van der Waals surface area contributed by atoms with Crippen LogP contribution in [0.15, 0.2) is 48.5 Å². The van der Waals surface area contributed by atoms with Crippen LogP contribution in [-0.4, -0.2) is 31.5 Å². The second kappa shape index (κ2) is 9.91. The molecule has 0 aliphatic carbocycles. The molecule has 0 saturated carbocycles. The van der Waals surface area contributed by atoms with Crippen LogP contribution in [0.25, 0.3) is 0 Å². The van der Waals surface area contributed by atoms with Gasteiger partial charge in [0, 0.05) is 23.9 Å². The number of carbonyl (C=O) groups excluding carboxylic acids is 3. The maximum atomic E-state index is 12.8. The van der Waals surface area contributed by atoms with Crippen LogP contribution in [0.2, 0.25) is 0 Å². The average molecular weight is 374 g/mol. The van der Waals surface area contributed by atoms with Gasteiger partial charge in [0.05, 0.1) is 13.5 Å². The zero-order chi connectivity index (χ0) is 19.6. The molecule has 27 heavy (non-hydrogen) atoms. The fraction of sp³-hybridized carbons (Fsp3) is 0.211. The van der Waals surface area contributed by atoms with Crippen LogP contribution in [0.4, 0.5) is 15.8 Å². The lowest BCUT2D eigenvalue weighted by atomic mass is 10.2. The number of rotatable bonds is 8. The largest absolute Gasteiger partial charge is 0.497 e. The minimum atomic E-state index is -0.676. The smallest absolute Gasteiger partial charge is 0.306 e. The van der Waals surface area contributed by atoms with Crippen molar-refractivity contribution in [3.63, 3.8) is 0 Å². The average Bonchev–Trinajstić information content (AvgIpc) is 2.66. The quantitative estimate of drug-likeness (QED) is 0.693. The fourth-order valence-electron chi connectivity index (χ4n) is 2.09. The molecular formula is C19H19FN2O5. The number of carbonyl (C=O) groups is 3. The third-order valence-corrected chi connectivity index (χ3v) is 3.40. The normalized spacial score (nSPS) is 10.0. The summed E-state index contributed by atoms with van der Waals surface area (Å²) in [6.07, 6.45) is -0.298. The molecule has 2 aromatic rings. The molecule has 2 N–H and O–H groups in total. The number of methoxy groups -OCH3 is 1. The Balaban J connectivity index is 1.68. The Morgan fingerprint density at radius 3 is 2.33 bits per heavy atom. The number of benzene rings is 2. The molecule has 0 aliphatic rings. The lowest BCUT2D eigenvalue weighted by molar-refractivity contribution is -0.147. The molecule has 0 heterocycles. The molecule has 7 nitrogen and oxygen atoms in total. The molecule has 8 heteroatoms. The van der Waals surface area contributed by atoms with E-state index in [1.54, 1.807) is 24.3 Å². The number of esters is 1. The molecule has 0 aromatic heterocycles. The summed E-state index contributed by atoms with van der Waals surface area (Å²) in [5, 5.41) is 5.10. The van der Waals surface area contributed by atoms with Crippen molar-refractivity contribution in [2.75, 3.05) is 24.4 Å². The first kappa shape index (κ1) is 19.9. The van der Waals surface area contributed by atoms with Crippen LogP contribution in [-0.2, 0) is 19.1 Å². The van der Waals surface area contributed by atoms with Crippen molar-refractivity contribution in [1.29, 1.82) is 0 Å². The minimum absolute atomic E-state index is 0.117. The van der Waals surface area contributed by atoms with Crippen LogP contribution < -0.4 is 15.4 Å². The summed E-state index contributed by atoms with van der Waals surface area (Å²) in [7, 11) is 1.51.